The maximum Gasteiger partial charge on any atom is 0.279 e. The van der Waals surface area contributed by atoms with Gasteiger partial charge in [-0.15, -0.1) is 0 Å². The van der Waals surface area contributed by atoms with Gasteiger partial charge in [-0.3, -0.25) is 0 Å². The van der Waals surface area contributed by atoms with Crippen molar-refractivity contribution in [2.45, 2.75) is 38.1 Å². The van der Waals surface area contributed by atoms with E-state index in [0.29, 0.717) is 16.6 Å². The van der Waals surface area contributed by atoms with Crippen LogP contribution in [0.1, 0.15) is 25.8 Å². The van der Waals surface area contributed by atoms with Crippen molar-refractivity contribution in [3.8, 4) is 0 Å². The number of benzene rings is 1. The lowest BCUT2D eigenvalue weighted by Gasteiger charge is -2.21. The lowest BCUT2D eigenvalue weighted by molar-refractivity contribution is 0.389. The molecule has 0 spiro atoms. The van der Waals surface area contributed by atoms with Gasteiger partial charge in [-0.05, 0) is 25.0 Å². The van der Waals surface area contributed by atoms with E-state index in [1.807, 2.05) is 20.8 Å². The molecule has 1 aromatic carbocycles. The second-order valence-electron chi connectivity index (χ2n) is 5.35. The van der Waals surface area contributed by atoms with E-state index in [1.165, 1.54) is 4.41 Å². The summed E-state index contributed by atoms with van der Waals surface area (Å²) in [6.07, 6.45) is 0.689. The van der Waals surface area contributed by atoms with Gasteiger partial charge in [-0.25, -0.2) is 0 Å². The Morgan fingerprint density at radius 2 is 1.95 bits per heavy atom. The van der Waals surface area contributed by atoms with Crippen molar-refractivity contribution in [3.05, 3.63) is 29.8 Å². The van der Waals surface area contributed by atoms with Crippen LogP contribution in [0.25, 0.3) is 0 Å². The zero-order chi connectivity index (χ0) is 14.9. The quantitative estimate of drug-likeness (QED) is 0.776. The van der Waals surface area contributed by atoms with Gasteiger partial charge in [0.05, 0.1) is 10.9 Å². The molecule has 1 unspecified atom stereocenters. The molecule has 1 atom stereocenters. The summed E-state index contributed by atoms with van der Waals surface area (Å²) in [5.74, 6) is 0.259. The van der Waals surface area contributed by atoms with Crippen LogP contribution < -0.4 is 0 Å². The highest BCUT2D eigenvalue weighted by Gasteiger charge is 2.36. The molecule has 20 heavy (non-hydrogen) atoms. The molecule has 1 aliphatic heterocycles. The topological polar surface area (TPSA) is 49.7 Å². The van der Waals surface area contributed by atoms with Gasteiger partial charge in [0.25, 0.3) is 10.0 Å². The summed E-state index contributed by atoms with van der Waals surface area (Å²) in [4.78, 5) is 0.294. The fraction of sp³-hybridized carbons (Fsp3) is 0.500. The zero-order valence-corrected chi connectivity index (χ0v) is 14.3. The number of rotatable bonds is 4. The third-order valence-electron chi connectivity index (χ3n) is 3.39. The average molecular weight is 359 g/mol. The van der Waals surface area contributed by atoms with Crippen LogP contribution in [-0.2, 0) is 10.0 Å². The minimum absolute atomic E-state index is 0.140. The van der Waals surface area contributed by atoms with E-state index < -0.39 is 10.0 Å². The van der Waals surface area contributed by atoms with E-state index in [4.69, 9.17) is 0 Å². The van der Waals surface area contributed by atoms with E-state index in [1.54, 1.807) is 24.3 Å². The fourth-order valence-corrected chi connectivity index (χ4v) is 4.25. The average Bonchev–Trinajstić information content (AvgIpc) is 2.84. The summed E-state index contributed by atoms with van der Waals surface area (Å²) in [7, 11) is -3.57. The third-order valence-corrected chi connectivity index (χ3v) is 5.88. The summed E-state index contributed by atoms with van der Waals surface area (Å²) < 4.78 is 26.6. The predicted octanol–water partition coefficient (Wildman–Crippen LogP) is 3.16. The van der Waals surface area contributed by atoms with E-state index >= 15 is 0 Å². The van der Waals surface area contributed by atoms with Gasteiger partial charge in [0.2, 0.25) is 0 Å². The normalized spacial score (nSPS) is 19.6. The fourth-order valence-electron chi connectivity index (χ4n) is 2.10. The SMILES string of the molecule is Cc1ccc(S(=O)(=O)N2N=C(C(C)C)CC2CBr)cc1. The Kier molecular flexibility index (Phi) is 4.54. The van der Waals surface area contributed by atoms with Gasteiger partial charge in [-0.1, -0.05) is 47.5 Å². The number of nitrogens with zero attached hydrogens (tertiary/aromatic N) is 2. The summed E-state index contributed by atoms with van der Waals surface area (Å²) in [6, 6.07) is 6.74. The number of alkyl halides is 1. The molecule has 0 radical (unpaired) electrons. The Morgan fingerprint density at radius 3 is 2.45 bits per heavy atom. The van der Waals surface area contributed by atoms with Crippen LogP contribution in [0, 0.1) is 12.8 Å². The second-order valence-corrected chi connectivity index (χ2v) is 7.79. The minimum Gasteiger partial charge on any atom is -0.200 e. The first-order valence-electron chi connectivity index (χ1n) is 6.60. The molecule has 0 saturated heterocycles. The molecular weight excluding hydrogens is 340 g/mol. The van der Waals surface area contributed by atoms with Crippen LogP contribution in [-0.4, -0.2) is 29.9 Å². The second kappa shape index (κ2) is 5.85. The van der Waals surface area contributed by atoms with E-state index in [0.717, 1.165) is 11.3 Å². The Labute approximate surface area is 129 Å². The van der Waals surface area contributed by atoms with Crippen LogP contribution in [0.4, 0.5) is 0 Å². The summed E-state index contributed by atoms with van der Waals surface area (Å²) in [6.45, 7) is 6.00. The van der Waals surface area contributed by atoms with Gasteiger partial charge < -0.3 is 0 Å². The highest BCUT2D eigenvalue weighted by Crippen LogP contribution is 2.28. The molecule has 1 aliphatic rings. The van der Waals surface area contributed by atoms with Crippen LogP contribution in [0.2, 0.25) is 0 Å². The molecule has 1 heterocycles. The van der Waals surface area contributed by atoms with Crippen molar-refractivity contribution in [2.75, 3.05) is 5.33 Å². The standard InChI is InChI=1S/C14H19BrN2O2S/c1-10(2)14-8-12(9-15)17(16-14)20(18,19)13-6-4-11(3)5-7-13/h4-7,10,12H,8-9H2,1-3H3. The number of hydrogen-bond donors (Lipinski definition) is 0. The Balaban J connectivity index is 2.39. The van der Waals surface area contributed by atoms with E-state index in [-0.39, 0.29) is 12.0 Å². The minimum atomic E-state index is -3.57. The molecule has 0 aliphatic carbocycles. The van der Waals surface area contributed by atoms with Gasteiger partial charge in [0, 0.05) is 17.5 Å². The van der Waals surface area contributed by atoms with Gasteiger partial charge in [0.1, 0.15) is 0 Å². The number of hydrazone groups is 1. The van der Waals surface area contributed by atoms with Crippen molar-refractivity contribution in [1.29, 1.82) is 0 Å². The van der Waals surface area contributed by atoms with E-state index in [2.05, 4.69) is 21.0 Å². The Bertz CT molecular complexity index is 609. The number of halogens is 1. The van der Waals surface area contributed by atoms with E-state index in [9.17, 15) is 8.42 Å². The number of sulfonamides is 1. The van der Waals surface area contributed by atoms with Crippen LogP contribution in [0.5, 0.6) is 0 Å². The molecule has 6 heteroatoms. The Hall–Kier alpha value is -0.880. The summed E-state index contributed by atoms with van der Waals surface area (Å²) in [5.41, 5.74) is 1.97. The van der Waals surface area contributed by atoms with Crippen molar-refractivity contribution >= 4 is 31.7 Å². The largest absolute Gasteiger partial charge is 0.279 e. The first-order chi connectivity index (χ1) is 9.36. The van der Waals surface area contributed by atoms with Gasteiger partial charge >= 0.3 is 0 Å². The van der Waals surface area contributed by atoms with Gasteiger partial charge in [-0.2, -0.15) is 17.9 Å². The van der Waals surface area contributed by atoms with Gasteiger partial charge in [0.15, 0.2) is 0 Å². The van der Waals surface area contributed by atoms with Crippen LogP contribution in [0.3, 0.4) is 0 Å². The van der Waals surface area contributed by atoms with Crippen molar-refractivity contribution in [3.63, 3.8) is 0 Å². The highest BCUT2D eigenvalue weighted by atomic mass is 79.9. The lowest BCUT2D eigenvalue weighted by Crippen LogP contribution is -2.33. The highest BCUT2D eigenvalue weighted by molar-refractivity contribution is 9.09. The molecule has 0 aromatic heterocycles. The first kappa shape index (κ1) is 15.5. The molecule has 1 aromatic rings. The summed E-state index contributed by atoms with van der Waals surface area (Å²) >= 11 is 3.39. The summed E-state index contributed by atoms with van der Waals surface area (Å²) in [5, 5.41) is 4.92. The molecule has 0 N–H and O–H groups in total. The smallest absolute Gasteiger partial charge is 0.200 e. The monoisotopic (exact) mass is 358 g/mol. The van der Waals surface area contributed by atoms with Crippen molar-refractivity contribution in [1.82, 2.24) is 4.41 Å². The molecule has 2 rings (SSSR count). The van der Waals surface area contributed by atoms with Crippen LogP contribution in [0.15, 0.2) is 34.3 Å². The first-order valence-corrected chi connectivity index (χ1v) is 9.17. The van der Waals surface area contributed by atoms with Crippen LogP contribution >= 0.6 is 15.9 Å². The maximum absolute atomic E-state index is 12.7. The molecular formula is C14H19BrN2O2S. The molecule has 110 valence electrons. The molecule has 0 saturated carbocycles. The Morgan fingerprint density at radius 1 is 1.35 bits per heavy atom. The zero-order valence-electron chi connectivity index (χ0n) is 11.9. The molecule has 4 nitrogen and oxygen atoms in total. The number of aryl methyl sites for hydroxylation is 1. The predicted molar refractivity (Wildman–Crippen MR) is 84.7 cm³/mol. The molecule has 0 fully saturated rings. The van der Waals surface area contributed by atoms with Crippen molar-refractivity contribution in [2.24, 2.45) is 11.0 Å². The van der Waals surface area contributed by atoms with Crippen molar-refractivity contribution < 1.29 is 8.42 Å². The molecule has 0 amide bonds. The third kappa shape index (κ3) is 2.91. The lowest BCUT2D eigenvalue weighted by atomic mass is 10.0. The maximum atomic E-state index is 12.7. The molecule has 0 bridgehead atoms. The number of hydrogen-bond acceptors (Lipinski definition) is 3.